The molecule has 0 radical (unpaired) electrons. The predicted molar refractivity (Wildman–Crippen MR) is 43.7 cm³/mol. The Kier molecular flexibility index (Phi) is 3.13. The molecule has 1 atom stereocenters. The van der Waals surface area contributed by atoms with Gasteiger partial charge < -0.3 is 10.5 Å². The maximum atomic E-state index is 13.0. The lowest BCUT2D eigenvalue weighted by atomic mass is 10.1. The number of halogens is 2. The molecular formula is C8H10F2N2O. The second kappa shape index (κ2) is 4.13. The summed E-state index contributed by atoms with van der Waals surface area (Å²) in [5.74, 6) is -0.536. The number of aromatic nitrogens is 1. The smallest absolute Gasteiger partial charge is 0.213 e. The molecule has 2 N–H and O–H groups in total. The molecule has 0 bridgehead atoms. The minimum Gasteiger partial charge on any atom is -0.481 e. The maximum absolute atomic E-state index is 13.0. The summed E-state index contributed by atoms with van der Waals surface area (Å²) in [6.07, 6.45) is -0.604. The molecule has 1 aromatic heterocycles. The Morgan fingerprint density at radius 2 is 2.38 bits per heavy atom. The van der Waals surface area contributed by atoms with Crippen molar-refractivity contribution in [2.75, 3.05) is 13.7 Å². The molecule has 0 aliphatic heterocycles. The molecule has 1 aromatic rings. The number of alkyl halides is 1. The Bertz CT molecular complexity index is 293. The average molecular weight is 188 g/mol. The number of pyridine rings is 1. The van der Waals surface area contributed by atoms with Crippen molar-refractivity contribution in [2.45, 2.75) is 6.17 Å². The predicted octanol–water partition coefficient (Wildman–Crippen LogP) is 1.20. The van der Waals surface area contributed by atoms with Gasteiger partial charge in [-0.25, -0.2) is 13.8 Å². The van der Waals surface area contributed by atoms with Crippen molar-refractivity contribution in [2.24, 2.45) is 5.73 Å². The minimum atomic E-state index is -1.52. The molecule has 0 fully saturated rings. The van der Waals surface area contributed by atoms with E-state index in [4.69, 9.17) is 10.5 Å². The van der Waals surface area contributed by atoms with Gasteiger partial charge in [0.05, 0.1) is 13.3 Å². The molecule has 0 aliphatic carbocycles. The molecule has 0 saturated heterocycles. The van der Waals surface area contributed by atoms with Gasteiger partial charge in [-0.3, -0.25) is 0 Å². The Morgan fingerprint density at radius 1 is 1.69 bits per heavy atom. The van der Waals surface area contributed by atoms with Gasteiger partial charge in [-0.2, -0.15) is 0 Å². The van der Waals surface area contributed by atoms with Crippen LogP contribution in [0.1, 0.15) is 11.7 Å². The van der Waals surface area contributed by atoms with Crippen molar-refractivity contribution >= 4 is 0 Å². The van der Waals surface area contributed by atoms with Crippen molar-refractivity contribution in [3.63, 3.8) is 0 Å². The first kappa shape index (κ1) is 9.85. The van der Waals surface area contributed by atoms with Gasteiger partial charge in [-0.1, -0.05) is 0 Å². The maximum Gasteiger partial charge on any atom is 0.213 e. The van der Waals surface area contributed by atoms with Gasteiger partial charge in [0.2, 0.25) is 5.88 Å². The molecule has 3 nitrogen and oxygen atoms in total. The molecule has 0 saturated carbocycles. The highest BCUT2D eigenvalue weighted by Crippen LogP contribution is 2.22. The van der Waals surface area contributed by atoms with Gasteiger partial charge in [0.15, 0.2) is 0 Å². The SMILES string of the molecule is COc1cc(C(F)CN)c(F)cn1. The van der Waals surface area contributed by atoms with Gasteiger partial charge in [0.25, 0.3) is 0 Å². The largest absolute Gasteiger partial charge is 0.481 e. The molecule has 0 amide bonds. The zero-order chi connectivity index (χ0) is 9.84. The number of rotatable bonds is 3. The number of methoxy groups -OCH3 is 1. The lowest BCUT2D eigenvalue weighted by Crippen LogP contribution is -2.09. The first-order valence-electron chi connectivity index (χ1n) is 3.72. The zero-order valence-corrected chi connectivity index (χ0v) is 7.13. The van der Waals surface area contributed by atoms with Crippen LogP contribution in [0.25, 0.3) is 0 Å². The lowest BCUT2D eigenvalue weighted by molar-refractivity contribution is 0.335. The summed E-state index contributed by atoms with van der Waals surface area (Å²) in [5.41, 5.74) is 4.95. The number of hydrogen-bond acceptors (Lipinski definition) is 3. The summed E-state index contributed by atoms with van der Waals surface area (Å²) in [4.78, 5) is 3.57. The van der Waals surface area contributed by atoms with Crippen LogP contribution in [0.5, 0.6) is 5.88 Å². The van der Waals surface area contributed by atoms with Crippen LogP contribution in [-0.4, -0.2) is 18.6 Å². The summed E-state index contributed by atoms with van der Waals surface area (Å²) in [7, 11) is 1.37. The van der Waals surface area contributed by atoms with Crippen LogP contribution >= 0.6 is 0 Å². The minimum absolute atomic E-state index is 0.116. The van der Waals surface area contributed by atoms with E-state index in [1.165, 1.54) is 13.2 Å². The van der Waals surface area contributed by atoms with Crippen molar-refractivity contribution < 1.29 is 13.5 Å². The first-order chi connectivity index (χ1) is 6.19. The van der Waals surface area contributed by atoms with E-state index < -0.39 is 12.0 Å². The highest BCUT2D eigenvalue weighted by Gasteiger charge is 2.14. The quantitative estimate of drug-likeness (QED) is 0.775. The fourth-order valence-electron chi connectivity index (χ4n) is 0.913. The third-order valence-corrected chi connectivity index (χ3v) is 1.61. The Balaban J connectivity index is 3.03. The third-order valence-electron chi connectivity index (χ3n) is 1.61. The Hall–Kier alpha value is -1.23. The Labute approximate surface area is 74.5 Å². The van der Waals surface area contributed by atoms with E-state index in [2.05, 4.69) is 4.98 Å². The fourth-order valence-corrected chi connectivity index (χ4v) is 0.913. The van der Waals surface area contributed by atoms with E-state index in [1.807, 2.05) is 0 Å². The van der Waals surface area contributed by atoms with E-state index in [-0.39, 0.29) is 18.0 Å². The fraction of sp³-hybridized carbons (Fsp3) is 0.375. The van der Waals surface area contributed by atoms with E-state index >= 15 is 0 Å². The van der Waals surface area contributed by atoms with Gasteiger partial charge in [-0.15, -0.1) is 0 Å². The van der Waals surface area contributed by atoms with Crippen LogP contribution in [0.3, 0.4) is 0 Å². The molecule has 0 aromatic carbocycles. The summed E-state index contributed by atoms with van der Waals surface area (Å²) in [5, 5.41) is 0. The molecule has 5 heteroatoms. The van der Waals surface area contributed by atoms with Crippen molar-refractivity contribution in [3.8, 4) is 5.88 Å². The lowest BCUT2D eigenvalue weighted by Gasteiger charge is -2.07. The Morgan fingerprint density at radius 3 is 2.92 bits per heavy atom. The van der Waals surface area contributed by atoms with Crippen LogP contribution in [0.4, 0.5) is 8.78 Å². The van der Waals surface area contributed by atoms with Crippen molar-refractivity contribution in [1.29, 1.82) is 0 Å². The van der Waals surface area contributed by atoms with Gasteiger partial charge in [0.1, 0.15) is 12.0 Å². The molecule has 1 unspecified atom stereocenters. The van der Waals surface area contributed by atoms with E-state index in [1.54, 1.807) is 0 Å². The molecule has 13 heavy (non-hydrogen) atoms. The summed E-state index contributed by atoms with van der Waals surface area (Å²) >= 11 is 0. The summed E-state index contributed by atoms with van der Waals surface area (Å²) in [6, 6.07) is 1.20. The highest BCUT2D eigenvalue weighted by atomic mass is 19.1. The van der Waals surface area contributed by atoms with E-state index in [0.717, 1.165) is 6.20 Å². The van der Waals surface area contributed by atoms with Gasteiger partial charge in [-0.05, 0) is 0 Å². The van der Waals surface area contributed by atoms with Crippen molar-refractivity contribution in [1.82, 2.24) is 4.98 Å². The van der Waals surface area contributed by atoms with Crippen LogP contribution < -0.4 is 10.5 Å². The normalized spacial score (nSPS) is 12.6. The summed E-state index contributed by atoms with van der Waals surface area (Å²) < 4.78 is 30.6. The molecule has 72 valence electrons. The summed E-state index contributed by atoms with van der Waals surface area (Å²) in [6.45, 7) is -0.260. The molecule has 1 rings (SSSR count). The highest BCUT2D eigenvalue weighted by molar-refractivity contribution is 5.24. The van der Waals surface area contributed by atoms with Crippen LogP contribution in [0.15, 0.2) is 12.3 Å². The number of hydrogen-bond donors (Lipinski definition) is 1. The molecule has 0 spiro atoms. The van der Waals surface area contributed by atoms with Crippen LogP contribution in [-0.2, 0) is 0 Å². The molecular weight excluding hydrogens is 178 g/mol. The second-order valence-corrected chi connectivity index (χ2v) is 2.45. The van der Waals surface area contributed by atoms with E-state index in [9.17, 15) is 8.78 Å². The van der Waals surface area contributed by atoms with Gasteiger partial charge in [0, 0.05) is 18.2 Å². The van der Waals surface area contributed by atoms with Crippen LogP contribution in [0.2, 0.25) is 0 Å². The van der Waals surface area contributed by atoms with Crippen molar-refractivity contribution in [3.05, 3.63) is 23.6 Å². The monoisotopic (exact) mass is 188 g/mol. The first-order valence-corrected chi connectivity index (χ1v) is 3.72. The number of ether oxygens (including phenoxy) is 1. The standard InChI is InChI=1S/C8H10F2N2O/c1-13-8-2-5(6(9)3-11)7(10)4-12-8/h2,4,6H,3,11H2,1H3. The van der Waals surface area contributed by atoms with E-state index in [0.29, 0.717) is 0 Å². The second-order valence-electron chi connectivity index (χ2n) is 2.45. The molecule has 0 aliphatic rings. The van der Waals surface area contributed by atoms with Gasteiger partial charge >= 0.3 is 0 Å². The van der Waals surface area contributed by atoms with Crippen LogP contribution in [0, 0.1) is 5.82 Å². The zero-order valence-electron chi connectivity index (χ0n) is 7.13. The average Bonchev–Trinajstić information content (AvgIpc) is 2.17. The third kappa shape index (κ3) is 2.12. The molecule has 1 heterocycles. The number of nitrogens with zero attached hydrogens (tertiary/aromatic N) is 1. The topological polar surface area (TPSA) is 48.1 Å². The number of nitrogens with two attached hydrogens (primary N) is 1.